The SMILES string of the molecule is Cl.NCCc1ccc(Oc2ccc(F)c(C(=O)N3CCS(=O)(=O)CC3)c2)cc1. The molecular formula is C19H22ClFN2O4S. The molecule has 152 valence electrons. The van der Waals surface area contributed by atoms with Crippen LogP contribution in [0.15, 0.2) is 42.5 Å². The largest absolute Gasteiger partial charge is 0.457 e. The monoisotopic (exact) mass is 428 g/mol. The molecular weight excluding hydrogens is 407 g/mol. The summed E-state index contributed by atoms with van der Waals surface area (Å²) in [5.41, 5.74) is 6.47. The first kappa shape index (κ1) is 22.1. The third-order valence-electron chi connectivity index (χ3n) is 4.39. The van der Waals surface area contributed by atoms with Crippen molar-refractivity contribution in [2.75, 3.05) is 31.1 Å². The summed E-state index contributed by atoms with van der Waals surface area (Å²) in [6.45, 7) is 0.685. The van der Waals surface area contributed by atoms with Gasteiger partial charge in [-0.3, -0.25) is 4.79 Å². The van der Waals surface area contributed by atoms with Crippen molar-refractivity contribution in [3.8, 4) is 11.5 Å². The number of carbonyl (C=O) groups excluding carboxylic acids is 1. The number of benzene rings is 2. The minimum Gasteiger partial charge on any atom is -0.457 e. The van der Waals surface area contributed by atoms with Crippen molar-refractivity contribution in [1.82, 2.24) is 4.90 Å². The minimum absolute atomic E-state index is 0. The highest BCUT2D eigenvalue weighted by Gasteiger charge is 2.27. The van der Waals surface area contributed by atoms with Crippen molar-refractivity contribution >= 4 is 28.2 Å². The summed E-state index contributed by atoms with van der Waals surface area (Å²) in [5, 5.41) is 0. The molecule has 1 aliphatic heterocycles. The van der Waals surface area contributed by atoms with Crippen LogP contribution in [0.5, 0.6) is 11.5 Å². The lowest BCUT2D eigenvalue weighted by Crippen LogP contribution is -2.44. The Kier molecular flexibility index (Phi) is 7.40. The fourth-order valence-corrected chi connectivity index (χ4v) is 4.05. The van der Waals surface area contributed by atoms with Crippen LogP contribution in [0.4, 0.5) is 4.39 Å². The zero-order valence-corrected chi connectivity index (χ0v) is 16.8. The van der Waals surface area contributed by atoms with Crippen molar-refractivity contribution in [2.24, 2.45) is 5.73 Å². The van der Waals surface area contributed by atoms with E-state index in [1.54, 1.807) is 12.1 Å². The number of nitrogens with two attached hydrogens (primary N) is 1. The molecule has 0 unspecified atom stereocenters. The third kappa shape index (κ3) is 5.43. The van der Waals surface area contributed by atoms with Crippen LogP contribution >= 0.6 is 12.4 Å². The molecule has 6 nitrogen and oxygen atoms in total. The van der Waals surface area contributed by atoms with Gasteiger partial charge in [0.15, 0.2) is 9.84 Å². The van der Waals surface area contributed by atoms with Crippen molar-refractivity contribution in [3.05, 3.63) is 59.4 Å². The Bertz CT molecular complexity index is 921. The fourth-order valence-electron chi connectivity index (χ4n) is 2.84. The van der Waals surface area contributed by atoms with Crippen LogP contribution in [-0.2, 0) is 16.3 Å². The molecule has 2 aromatic rings. The highest BCUT2D eigenvalue weighted by atomic mass is 35.5. The Morgan fingerprint density at radius 1 is 1.07 bits per heavy atom. The van der Waals surface area contributed by atoms with E-state index in [4.69, 9.17) is 10.5 Å². The summed E-state index contributed by atoms with van der Waals surface area (Å²) in [7, 11) is -3.12. The molecule has 1 saturated heterocycles. The van der Waals surface area contributed by atoms with Crippen molar-refractivity contribution < 1.29 is 22.3 Å². The van der Waals surface area contributed by atoms with Gasteiger partial charge in [-0.1, -0.05) is 12.1 Å². The number of sulfone groups is 1. The number of carbonyl (C=O) groups is 1. The maximum atomic E-state index is 14.2. The molecule has 9 heteroatoms. The molecule has 0 radical (unpaired) electrons. The Balaban J connectivity index is 0.00000280. The Labute approximate surface area is 169 Å². The number of nitrogens with zero attached hydrogens (tertiary/aromatic N) is 1. The van der Waals surface area contributed by atoms with Gasteiger partial charge in [0.05, 0.1) is 17.1 Å². The summed E-state index contributed by atoms with van der Waals surface area (Å²) in [5.74, 6) is -0.525. The molecule has 0 atom stereocenters. The van der Waals surface area contributed by atoms with E-state index in [1.165, 1.54) is 23.1 Å². The average Bonchev–Trinajstić information content (AvgIpc) is 2.64. The minimum atomic E-state index is -3.12. The predicted molar refractivity (Wildman–Crippen MR) is 107 cm³/mol. The van der Waals surface area contributed by atoms with E-state index in [2.05, 4.69) is 0 Å². The fraction of sp³-hybridized carbons (Fsp3) is 0.316. The van der Waals surface area contributed by atoms with Crippen LogP contribution in [0.1, 0.15) is 15.9 Å². The molecule has 2 N–H and O–H groups in total. The van der Waals surface area contributed by atoms with Gasteiger partial charge in [0.2, 0.25) is 0 Å². The van der Waals surface area contributed by atoms with Crippen LogP contribution in [0.25, 0.3) is 0 Å². The number of hydrogen-bond donors (Lipinski definition) is 1. The lowest BCUT2D eigenvalue weighted by molar-refractivity contribution is 0.0765. The topological polar surface area (TPSA) is 89.7 Å². The predicted octanol–water partition coefficient (Wildman–Crippen LogP) is 2.41. The Hall–Kier alpha value is -2.16. The first-order chi connectivity index (χ1) is 12.9. The molecule has 0 saturated carbocycles. The summed E-state index contributed by atoms with van der Waals surface area (Å²) in [6, 6.07) is 11.3. The van der Waals surface area contributed by atoms with E-state index in [1.807, 2.05) is 12.1 Å². The van der Waals surface area contributed by atoms with E-state index in [9.17, 15) is 17.6 Å². The normalized spacial score (nSPS) is 15.6. The first-order valence-corrected chi connectivity index (χ1v) is 10.5. The van der Waals surface area contributed by atoms with Crippen LogP contribution in [0, 0.1) is 5.82 Å². The summed E-state index contributed by atoms with van der Waals surface area (Å²) >= 11 is 0. The molecule has 0 spiro atoms. The first-order valence-electron chi connectivity index (χ1n) is 8.64. The number of halogens is 2. The van der Waals surface area contributed by atoms with Crippen LogP contribution in [0.2, 0.25) is 0 Å². The molecule has 28 heavy (non-hydrogen) atoms. The van der Waals surface area contributed by atoms with Gasteiger partial charge in [-0.15, -0.1) is 12.4 Å². The summed E-state index contributed by atoms with van der Waals surface area (Å²) in [6.07, 6.45) is 0.765. The lowest BCUT2D eigenvalue weighted by Gasteiger charge is -2.27. The zero-order chi connectivity index (χ0) is 19.4. The molecule has 2 aromatic carbocycles. The Morgan fingerprint density at radius 3 is 2.29 bits per heavy atom. The van der Waals surface area contributed by atoms with Gasteiger partial charge in [-0.25, -0.2) is 12.8 Å². The number of rotatable bonds is 5. The molecule has 0 bridgehead atoms. The number of ether oxygens (including phenoxy) is 1. The van der Waals surface area contributed by atoms with E-state index in [0.717, 1.165) is 12.0 Å². The molecule has 0 aromatic heterocycles. The number of amides is 1. The van der Waals surface area contributed by atoms with E-state index >= 15 is 0 Å². The van der Waals surface area contributed by atoms with Gasteiger partial charge in [0.25, 0.3) is 5.91 Å². The highest BCUT2D eigenvalue weighted by Crippen LogP contribution is 2.25. The van der Waals surface area contributed by atoms with Crippen molar-refractivity contribution in [3.63, 3.8) is 0 Å². The average molecular weight is 429 g/mol. The smallest absolute Gasteiger partial charge is 0.257 e. The lowest BCUT2D eigenvalue weighted by atomic mass is 10.1. The maximum absolute atomic E-state index is 14.2. The zero-order valence-electron chi connectivity index (χ0n) is 15.1. The summed E-state index contributed by atoms with van der Waals surface area (Å²) < 4.78 is 42.9. The molecule has 1 fully saturated rings. The van der Waals surface area contributed by atoms with Crippen molar-refractivity contribution in [2.45, 2.75) is 6.42 Å². The molecule has 0 aliphatic carbocycles. The van der Waals surface area contributed by atoms with E-state index in [-0.39, 0.29) is 42.6 Å². The second-order valence-corrected chi connectivity index (χ2v) is 8.67. The standard InChI is InChI=1S/C19H21FN2O4S.ClH/c20-18-6-5-16(26-15-3-1-14(2-4-15)7-8-21)13-17(18)19(23)22-9-11-27(24,25)12-10-22;/h1-6,13H,7-12,21H2;1H. The highest BCUT2D eigenvalue weighted by molar-refractivity contribution is 7.91. The van der Waals surface area contributed by atoms with Crippen molar-refractivity contribution in [1.29, 1.82) is 0 Å². The Morgan fingerprint density at radius 2 is 1.68 bits per heavy atom. The quantitative estimate of drug-likeness (QED) is 0.789. The molecule has 3 rings (SSSR count). The second kappa shape index (κ2) is 9.36. The molecule has 1 amide bonds. The van der Waals surface area contributed by atoms with Gasteiger partial charge < -0.3 is 15.4 Å². The third-order valence-corrected chi connectivity index (χ3v) is 6.00. The molecule has 1 heterocycles. The number of hydrogen-bond acceptors (Lipinski definition) is 5. The van der Waals surface area contributed by atoms with Gasteiger partial charge >= 0.3 is 0 Å². The van der Waals surface area contributed by atoms with Crippen LogP contribution < -0.4 is 10.5 Å². The second-order valence-electron chi connectivity index (χ2n) is 6.37. The van der Waals surface area contributed by atoms with Crippen LogP contribution in [-0.4, -0.2) is 50.4 Å². The summed E-state index contributed by atoms with van der Waals surface area (Å²) in [4.78, 5) is 13.9. The van der Waals surface area contributed by atoms with Crippen LogP contribution in [0.3, 0.4) is 0 Å². The molecule has 1 aliphatic rings. The maximum Gasteiger partial charge on any atom is 0.257 e. The van der Waals surface area contributed by atoms with E-state index in [0.29, 0.717) is 18.0 Å². The van der Waals surface area contributed by atoms with Gasteiger partial charge in [-0.2, -0.15) is 0 Å². The van der Waals surface area contributed by atoms with Gasteiger partial charge in [0, 0.05) is 13.1 Å². The van der Waals surface area contributed by atoms with Gasteiger partial charge in [-0.05, 0) is 48.9 Å². The van der Waals surface area contributed by atoms with E-state index < -0.39 is 21.6 Å². The van der Waals surface area contributed by atoms with Gasteiger partial charge in [0.1, 0.15) is 17.3 Å².